The van der Waals surface area contributed by atoms with Crippen LogP contribution in [-0.4, -0.2) is 48.4 Å². The highest BCUT2D eigenvalue weighted by Crippen LogP contribution is 2.29. The number of piperidine rings is 1. The minimum atomic E-state index is -0.0856. The second kappa shape index (κ2) is 11.1. The van der Waals surface area contributed by atoms with E-state index in [2.05, 4.69) is 28.1 Å². The Morgan fingerprint density at radius 1 is 1.00 bits per heavy atom. The zero-order valence-corrected chi connectivity index (χ0v) is 20.2. The Hall–Kier alpha value is -2.53. The molecule has 2 fully saturated rings. The number of carbonyl (C=O) groups is 2. The first kappa shape index (κ1) is 23.6. The highest BCUT2D eigenvalue weighted by molar-refractivity contribution is 6.30. The Labute approximate surface area is 202 Å². The van der Waals surface area contributed by atoms with Crippen molar-refractivity contribution < 1.29 is 9.59 Å². The Morgan fingerprint density at radius 2 is 1.73 bits per heavy atom. The maximum absolute atomic E-state index is 13.6. The van der Waals surface area contributed by atoms with Gasteiger partial charge in [0.1, 0.15) is 0 Å². The molecule has 0 radical (unpaired) electrons. The lowest BCUT2D eigenvalue weighted by Gasteiger charge is -2.37. The van der Waals surface area contributed by atoms with Gasteiger partial charge in [0.05, 0.1) is 5.56 Å². The van der Waals surface area contributed by atoms with Gasteiger partial charge in [0.2, 0.25) is 0 Å². The molecule has 6 heteroatoms. The molecule has 2 aliphatic rings. The Kier molecular flexibility index (Phi) is 7.92. The topological polar surface area (TPSA) is 52.7 Å². The average molecular weight is 468 g/mol. The van der Waals surface area contributed by atoms with Crippen molar-refractivity contribution in [3.8, 4) is 0 Å². The number of anilines is 1. The van der Waals surface area contributed by atoms with Crippen molar-refractivity contribution in [2.24, 2.45) is 0 Å². The molecule has 2 aromatic carbocycles. The van der Waals surface area contributed by atoms with Crippen LogP contribution in [0.15, 0.2) is 48.5 Å². The van der Waals surface area contributed by atoms with Crippen molar-refractivity contribution in [1.82, 2.24) is 10.2 Å². The summed E-state index contributed by atoms with van der Waals surface area (Å²) in [7, 11) is 0. The quantitative estimate of drug-likeness (QED) is 0.607. The molecule has 1 N–H and O–H groups in total. The van der Waals surface area contributed by atoms with Crippen LogP contribution in [0.3, 0.4) is 0 Å². The summed E-state index contributed by atoms with van der Waals surface area (Å²) < 4.78 is 0. The fourth-order valence-corrected chi connectivity index (χ4v) is 5.40. The Bertz CT molecular complexity index is 965. The van der Waals surface area contributed by atoms with Gasteiger partial charge in [0.15, 0.2) is 0 Å². The molecule has 4 rings (SSSR count). The van der Waals surface area contributed by atoms with Crippen LogP contribution < -0.4 is 10.2 Å². The van der Waals surface area contributed by atoms with Gasteiger partial charge in [-0.1, -0.05) is 49.1 Å². The molecule has 1 aliphatic heterocycles. The number of hydrogen-bond acceptors (Lipinski definition) is 3. The summed E-state index contributed by atoms with van der Waals surface area (Å²) in [6, 6.07) is 15.5. The van der Waals surface area contributed by atoms with Crippen LogP contribution in [0.25, 0.3) is 0 Å². The molecule has 5 nitrogen and oxygen atoms in total. The number of amides is 2. The zero-order chi connectivity index (χ0) is 23.2. The van der Waals surface area contributed by atoms with Crippen LogP contribution in [0.1, 0.15) is 72.6 Å². The van der Waals surface area contributed by atoms with Crippen molar-refractivity contribution >= 4 is 29.1 Å². The summed E-state index contributed by atoms with van der Waals surface area (Å²) in [6.07, 6.45) is 7.61. The summed E-state index contributed by atoms with van der Waals surface area (Å²) in [5.41, 5.74) is 2.39. The lowest BCUT2D eigenvalue weighted by molar-refractivity contribution is 0.0648. The Morgan fingerprint density at radius 3 is 2.42 bits per heavy atom. The van der Waals surface area contributed by atoms with Crippen LogP contribution in [0, 0.1) is 0 Å². The molecule has 176 valence electrons. The van der Waals surface area contributed by atoms with Crippen LogP contribution in [-0.2, 0) is 0 Å². The highest BCUT2D eigenvalue weighted by Gasteiger charge is 2.29. The molecule has 2 aromatic rings. The van der Waals surface area contributed by atoms with Crippen molar-refractivity contribution in [3.63, 3.8) is 0 Å². The molecule has 0 unspecified atom stereocenters. The van der Waals surface area contributed by atoms with E-state index in [-0.39, 0.29) is 17.9 Å². The largest absolute Gasteiger partial charge is 0.371 e. The van der Waals surface area contributed by atoms with Gasteiger partial charge in [-0.3, -0.25) is 9.59 Å². The van der Waals surface area contributed by atoms with E-state index in [1.807, 2.05) is 18.2 Å². The maximum Gasteiger partial charge on any atom is 0.256 e. The third kappa shape index (κ3) is 5.70. The summed E-state index contributed by atoms with van der Waals surface area (Å²) >= 11 is 6.02. The first-order valence-electron chi connectivity index (χ1n) is 12.3. The first-order valence-corrected chi connectivity index (χ1v) is 12.7. The third-order valence-electron chi connectivity index (χ3n) is 7.01. The van der Waals surface area contributed by atoms with E-state index in [1.165, 1.54) is 19.3 Å². The van der Waals surface area contributed by atoms with Crippen molar-refractivity contribution in [3.05, 3.63) is 64.7 Å². The molecular weight excluding hydrogens is 434 g/mol. The molecule has 0 spiro atoms. The number of halogens is 1. The number of carbonyl (C=O) groups excluding carboxylic acids is 2. The van der Waals surface area contributed by atoms with Gasteiger partial charge < -0.3 is 15.1 Å². The van der Waals surface area contributed by atoms with Crippen molar-refractivity contribution in [2.75, 3.05) is 24.5 Å². The second-order valence-corrected chi connectivity index (χ2v) is 9.58. The molecule has 0 aromatic heterocycles. The number of nitrogens with zero attached hydrogens (tertiary/aromatic N) is 2. The molecule has 1 saturated carbocycles. The predicted molar refractivity (Wildman–Crippen MR) is 134 cm³/mol. The molecule has 33 heavy (non-hydrogen) atoms. The molecule has 0 bridgehead atoms. The SMILES string of the molecule is CCN(C(=O)c1ccccc1N1CCC(NC(=O)c2cccc(Cl)c2)CC1)C1CCCCC1. The van der Waals surface area contributed by atoms with Gasteiger partial charge in [-0.05, 0) is 62.9 Å². The van der Waals surface area contributed by atoms with Crippen LogP contribution in [0.2, 0.25) is 5.02 Å². The smallest absolute Gasteiger partial charge is 0.256 e. The van der Waals surface area contributed by atoms with Gasteiger partial charge >= 0.3 is 0 Å². The lowest BCUT2D eigenvalue weighted by Crippen LogP contribution is -2.46. The van der Waals surface area contributed by atoms with Crippen LogP contribution in [0.4, 0.5) is 5.69 Å². The minimum absolute atomic E-state index is 0.0856. The number of nitrogens with one attached hydrogen (secondary N) is 1. The van der Waals surface area contributed by atoms with E-state index in [1.54, 1.807) is 24.3 Å². The fraction of sp³-hybridized carbons (Fsp3) is 0.481. The summed E-state index contributed by atoms with van der Waals surface area (Å²) in [4.78, 5) is 30.5. The lowest BCUT2D eigenvalue weighted by atomic mass is 9.93. The fourth-order valence-electron chi connectivity index (χ4n) is 5.21. The number of rotatable bonds is 6. The molecular formula is C27H34ClN3O2. The molecule has 2 amide bonds. The monoisotopic (exact) mass is 467 g/mol. The summed E-state index contributed by atoms with van der Waals surface area (Å²) in [5.74, 6) is 0.0639. The van der Waals surface area contributed by atoms with E-state index in [4.69, 9.17) is 11.6 Å². The first-order chi connectivity index (χ1) is 16.1. The minimum Gasteiger partial charge on any atom is -0.371 e. The van der Waals surface area contributed by atoms with Gasteiger partial charge in [0.25, 0.3) is 11.8 Å². The molecule has 1 aliphatic carbocycles. The second-order valence-electron chi connectivity index (χ2n) is 9.15. The normalized spacial score (nSPS) is 17.6. The summed E-state index contributed by atoms with van der Waals surface area (Å²) in [6.45, 7) is 4.44. The zero-order valence-electron chi connectivity index (χ0n) is 19.4. The van der Waals surface area contributed by atoms with E-state index in [0.29, 0.717) is 16.6 Å². The van der Waals surface area contributed by atoms with Gasteiger partial charge in [-0.25, -0.2) is 0 Å². The summed E-state index contributed by atoms with van der Waals surface area (Å²) in [5, 5.41) is 3.71. The standard InChI is InChI=1S/C27H34ClN3O2/c1-2-31(23-11-4-3-5-12-23)27(33)24-13-6-7-14-25(24)30-17-15-22(16-18-30)29-26(32)20-9-8-10-21(28)19-20/h6-10,13-14,19,22-23H,2-5,11-12,15-18H2,1H3,(H,29,32). The van der Waals surface area contributed by atoms with E-state index in [9.17, 15) is 9.59 Å². The van der Waals surface area contributed by atoms with Crippen molar-refractivity contribution in [1.29, 1.82) is 0 Å². The van der Waals surface area contributed by atoms with Crippen LogP contribution in [0.5, 0.6) is 0 Å². The van der Waals surface area contributed by atoms with Gasteiger partial charge in [-0.15, -0.1) is 0 Å². The Balaban J connectivity index is 1.40. The highest BCUT2D eigenvalue weighted by atomic mass is 35.5. The average Bonchev–Trinajstić information content (AvgIpc) is 2.85. The van der Waals surface area contributed by atoms with E-state index in [0.717, 1.165) is 56.6 Å². The number of benzene rings is 2. The maximum atomic E-state index is 13.6. The molecule has 1 heterocycles. The number of hydrogen-bond donors (Lipinski definition) is 1. The van der Waals surface area contributed by atoms with Crippen LogP contribution >= 0.6 is 11.6 Å². The van der Waals surface area contributed by atoms with E-state index < -0.39 is 0 Å². The third-order valence-corrected chi connectivity index (χ3v) is 7.24. The predicted octanol–water partition coefficient (Wildman–Crippen LogP) is 5.53. The molecule has 0 atom stereocenters. The number of para-hydroxylation sites is 1. The van der Waals surface area contributed by atoms with Crippen molar-refractivity contribution in [2.45, 2.75) is 64.0 Å². The van der Waals surface area contributed by atoms with E-state index >= 15 is 0 Å². The van der Waals surface area contributed by atoms with Gasteiger partial charge in [0, 0.05) is 48.0 Å². The van der Waals surface area contributed by atoms with Gasteiger partial charge in [-0.2, -0.15) is 0 Å². The molecule has 1 saturated heterocycles.